The topological polar surface area (TPSA) is 46.2 Å². The first-order chi connectivity index (χ1) is 16.1. The van der Waals surface area contributed by atoms with Gasteiger partial charge in [0.15, 0.2) is 0 Å². The average Bonchev–Trinajstić information content (AvgIpc) is 2.96. The van der Waals surface area contributed by atoms with Crippen molar-refractivity contribution in [2.75, 3.05) is 40.3 Å². The zero-order chi connectivity index (χ0) is 25.1. The number of piperidine rings is 3. The molecule has 4 aliphatic rings. The van der Waals surface area contributed by atoms with Crippen molar-refractivity contribution < 1.29 is 14.2 Å². The fourth-order valence-electron chi connectivity index (χ4n) is 5.68. The Hall–Kier alpha value is -0.240. The average molecular weight is 484 g/mol. The molecule has 0 aromatic heterocycles. The molecular weight excluding hydrogens is 426 g/mol. The smallest absolute Gasteiger partial charge is 0.0608 e. The van der Waals surface area contributed by atoms with Crippen molar-refractivity contribution in [3.63, 3.8) is 0 Å². The molecule has 4 heterocycles. The van der Waals surface area contributed by atoms with E-state index in [4.69, 9.17) is 14.2 Å². The molecule has 0 aromatic rings. The maximum atomic E-state index is 5.89. The molecule has 4 rings (SSSR count). The Kier molecular flexibility index (Phi) is 13.9. The molecule has 2 unspecified atom stereocenters. The van der Waals surface area contributed by atoms with E-state index in [0.29, 0.717) is 36.6 Å². The minimum atomic E-state index is 0.392. The van der Waals surface area contributed by atoms with Crippen LogP contribution < -0.4 is 5.32 Å². The number of nitrogens with one attached hydrogen (secondary N) is 1. The summed E-state index contributed by atoms with van der Waals surface area (Å²) in [7, 11) is 4.44. The summed E-state index contributed by atoms with van der Waals surface area (Å²) in [5.74, 6) is 0. The first-order valence-electron chi connectivity index (χ1n) is 14.2. The van der Waals surface area contributed by atoms with E-state index in [1.165, 1.54) is 64.5 Å². The predicted molar refractivity (Wildman–Crippen MR) is 143 cm³/mol. The Labute approximate surface area is 211 Å². The highest BCUT2D eigenvalue weighted by atomic mass is 16.5. The first kappa shape index (κ1) is 30.0. The fraction of sp³-hybridized carbons (Fsp3) is 1.00. The molecule has 0 aliphatic carbocycles. The van der Waals surface area contributed by atoms with Gasteiger partial charge in [0.2, 0.25) is 0 Å². The van der Waals surface area contributed by atoms with Gasteiger partial charge in [0, 0.05) is 25.2 Å². The van der Waals surface area contributed by atoms with E-state index in [9.17, 15) is 0 Å². The largest absolute Gasteiger partial charge is 0.375 e. The summed E-state index contributed by atoms with van der Waals surface area (Å²) in [5.41, 5.74) is 0. The molecule has 0 spiro atoms. The van der Waals surface area contributed by atoms with Crippen LogP contribution in [0, 0.1) is 0 Å². The summed E-state index contributed by atoms with van der Waals surface area (Å²) in [6, 6.07) is 1.62. The lowest BCUT2D eigenvalue weighted by Gasteiger charge is -2.36. The summed E-state index contributed by atoms with van der Waals surface area (Å²) in [4.78, 5) is 4.92. The molecule has 0 aromatic carbocycles. The summed E-state index contributed by atoms with van der Waals surface area (Å²) in [6.45, 7) is 17.3. The molecule has 202 valence electrons. The predicted octanol–water partition coefficient (Wildman–Crippen LogP) is 4.71. The van der Waals surface area contributed by atoms with Gasteiger partial charge in [-0.15, -0.1) is 0 Å². The maximum absolute atomic E-state index is 5.89. The summed E-state index contributed by atoms with van der Waals surface area (Å²) in [5, 5.41) is 3.31. The van der Waals surface area contributed by atoms with Gasteiger partial charge in [0.1, 0.15) is 0 Å². The van der Waals surface area contributed by atoms with Gasteiger partial charge < -0.3 is 29.3 Å². The lowest BCUT2D eigenvalue weighted by molar-refractivity contribution is -0.0423. The molecule has 6 nitrogen and oxygen atoms in total. The number of fused-ring (bicyclic) bond motifs is 2. The van der Waals surface area contributed by atoms with E-state index in [-0.39, 0.29) is 0 Å². The van der Waals surface area contributed by atoms with Gasteiger partial charge in [0.05, 0.1) is 36.6 Å². The molecule has 4 aliphatic heterocycles. The van der Waals surface area contributed by atoms with E-state index in [1.54, 1.807) is 0 Å². The monoisotopic (exact) mass is 483 g/mol. The molecule has 6 heteroatoms. The second kappa shape index (κ2) is 15.8. The van der Waals surface area contributed by atoms with Gasteiger partial charge in [-0.2, -0.15) is 0 Å². The summed E-state index contributed by atoms with van der Waals surface area (Å²) < 4.78 is 17.3. The van der Waals surface area contributed by atoms with Crippen LogP contribution in [0.25, 0.3) is 0 Å². The third-order valence-corrected chi connectivity index (χ3v) is 7.40. The molecule has 0 radical (unpaired) electrons. The van der Waals surface area contributed by atoms with Crippen molar-refractivity contribution in [1.82, 2.24) is 15.1 Å². The molecule has 4 fully saturated rings. The van der Waals surface area contributed by atoms with Crippen LogP contribution in [0.3, 0.4) is 0 Å². The van der Waals surface area contributed by atoms with Crippen LogP contribution in [0.2, 0.25) is 0 Å². The number of hydrogen-bond donors (Lipinski definition) is 1. The number of nitrogens with zero attached hydrogens (tertiary/aromatic N) is 2. The number of likely N-dealkylation sites (tertiary alicyclic amines) is 1. The van der Waals surface area contributed by atoms with Crippen molar-refractivity contribution in [3.05, 3.63) is 0 Å². The van der Waals surface area contributed by atoms with E-state index in [0.717, 1.165) is 25.2 Å². The fourth-order valence-corrected chi connectivity index (χ4v) is 5.68. The van der Waals surface area contributed by atoms with Crippen LogP contribution in [0.1, 0.15) is 92.9 Å². The molecule has 2 atom stereocenters. The van der Waals surface area contributed by atoms with Crippen LogP contribution in [-0.2, 0) is 14.2 Å². The van der Waals surface area contributed by atoms with Gasteiger partial charge in [-0.25, -0.2) is 0 Å². The van der Waals surface area contributed by atoms with E-state index in [2.05, 4.69) is 70.8 Å². The summed E-state index contributed by atoms with van der Waals surface area (Å²) >= 11 is 0. The Morgan fingerprint density at radius 1 is 0.588 bits per heavy atom. The number of ether oxygens (including phenoxy) is 3. The van der Waals surface area contributed by atoms with Gasteiger partial charge in [-0.3, -0.25) is 0 Å². The van der Waals surface area contributed by atoms with Crippen LogP contribution in [0.15, 0.2) is 0 Å². The Bertz CT molecular complexity index is 503. The second-order valence-corrected chi connectivity index (χ2v) is 11.7. The minimum absolute atomic E-state index is 0.392. The van der Waals surface area contributed by atoms with Crippen LogP contribution in [0.4, 0.5) is 0 Å². The second-order valence-electron chi connectivity index (χ2n) is 11.7. The number of hydrogen-bond acceptors (Lipinski definition) is 6. The quantitative estimate of drug-likeness (QED) is 0.591. The van der Waals surface area contributed by atoms with Crippen LogP contribution >= 0.6 is 0 Å². The Morgan fingerprint density at radius 2 is 1.00 bits per heavy atom. The van der Waals surface area contributed by atoms with Crippen molar-refractivity contribution in [1.29, 1.82) is 0 Å². The highest BCUT2D eigenvalue weighted by Gasteiger charge is 2.38. The Morgan fingerprint density at radius 3 is 1.44 bits per heavy atom. The van der Waals surface area contributed by atoms with E-state index < -0.39 is 0 Å². The SMILES string of the molecule is CC(C)OC1CC2CCC(C1)N2C.CC(C)OC1CCN(C)CC1.CC(C)OC1CCNCC1. The third-order valence-electron chi connectivity index (χ3n) is 7.40. The lowest BCUT2D eigenvalue weighted by Crippen LogP contribution is -2.43. The van der Waals surface area contributed by atoms with Crippen LogP contribution in [-0.4, -0.2) is 98.8 Å². The van der Waals surface area contributed by atoms with Gasteiger partial charge >= 0.3 is 0 Å². The molecule has 1 N–H and O–H groups in total. The molecule has 34 heavy (non-hydrogen) atoms. The van der Waals surface area contributed by atoms with Crippen molar-refractivity contribution >= 4 is 0 Å². The van der Waals surface area contributed by atoms with Gasteiger partial charge in [-0.1, -0.05) is 0 Å². The van der Waals surface area contributed by atoms with E-state index >= 15 is 0 Å². The minimum Gasteiger partial charge on any atom is -0.375 e. The molecule has 0 amide bonds. The highest BCUT2D eigenvalue weighted by Crippen LogP contribution is 2.35. The van der Waals surface area contributed by atoms with Crippen LogP contribution in [0.5, 0.6) is 0 Å². The maximum Gasteiger partial charge on any atom is 0.0608 e. The number of rotatable bonds is 6. The lowest BCUT2D eigenvalue weighted by atomic mass is 10.0. The molecule has 4 saturated heterocycles. The van der Waals surface area contributed by atoms with Gasteiger partial charge in [-0.05, 0) is 120 Å². The zero-order valence-corrected chi connectivity index (χ0v) is 23.7. The molecule has 0 saturated carbocycles. The van der Waals surface area contributed by atoms with Crippen molar-refractivity contribution in [2.45, 2.75) is 142 Å². The van der Waals surface area contributed by atoms with Crippen molar-refractivity contribution in [2.24, 2.45) is 0 Å². The zero-order valence-electron chi connectivity index (χ0n) is 23.7. The summed E-state index contributed by atoms with van der Waals surface area (Å²) in [6.07, 6.45) is 12.8. The third kappa shape index (κ3) is 11.7. The normalized spacial score (nSPS) is 29.2. The van der Waals surface area contributed by atoms with Gasteiger partial charge in [0.25, 0.3) is 0 Å². The highest BCUT2D eigenvalue weighted by molar-refractivity contribution is 4.94. The first-order valence-corrected chi connectivity index (χ1v) is 14.2. The molecular formula is C28H57N3O3. The van der Waals surface area contributed by atoms with Crippen molar-refractivity contribution in [3.8, 4) is 0 Å². The Balaban J connectivity index is 0.000000182. The molecule has 2 bridgehead atoms. The van der Waals surface area contributed by atoms with E-state index in [1.807, 2.05) is 0 Å². The standard InChI is InChI=1S/C11H21NO.C9H19NO.C8H17NO/c1-8(2)13-11-6-9-4-5-10(7-11)12(9)3;1-8(2)11-9-4-6-10(3)7-5-9;1-7(2)10-8-3-5-9-6-4-8/h8-11H,4-7H2,1-3H3;8-9H,4-7H2,1-3H3;7-9H,3-6H2,1-2H3.